The molecule has 0 aromatic heterocycles. The molecule has 1 atom stereocenters. The number of rotatable bonds is 38. The Hall–Kier alpha value is -3.15. The van der Waals surface area contributed by atoms with Crippen LogP contribution in [-0.4, -0.2) is 37.2 Å². The SMILES string of the molecule is CC/C=C\C/C=C\C/C=C\C/C=C\CCC(=O)OC(COC(=O)CCCCCCCC)COC(=O)CCCCCCCCC/C=C\C/C=C\CCCCC. The highest BCUT2D eigenvalue weighted by Crippen LogP contribution is 2.12. The van der Waals surface area contributed by atoms with E-state index in [1.54, 1.807) is 0 Å². The van der Waals surface area contributed by atoms with Gasteiger partial charge in [-0.3, -0.25) is 14.4 Å². The summed E-state index contributed by atoms with van der Waals surface area (Å²) >= 11 is 0. The van der Waals surface area contributed by atoms with Crippen LogP contribution < -0.4 is 0 Å². The number of allylic oxidation sites excluding steroid dienone is 12. The van der Waals surface area contributed by atoms with Gasteiger partial charge in [-0.2, -0.15) is 0 Å². The molecule has 0 rings (SSSR count). The topological polar surface area (TPSA) is 78.9 Å². The number of carbonyl (C=O) groups is 3. The minimum atomic E-state index is -0.811. The number of hydrogen-bond acceptors (Lipinski definition) is 6. The first-order valence-electron chi connectivity index (χ1n) is 21.9. The Morgan fingerprint density at radius 3 is 1.24 bits per heavy atom. The van der Waals surface area contributed by atoms with Gasteiger partial charge in [-0.15, -0.1) is 0 Å². The molecule has 0 saturated heterocycles. The van der Waals surface area contributed by atoms with Crippen molar-refractivity contribution in [3.8, 4) is 0 Å². The molecule has 0 N–H and O–H groups in total. The molecule has 0 saturated carbocycles. The third kappa shape index (κ3) is 40.0. The van der Waals surface area contributed by atoms with Gasteiger partial charge >= 0.3 is 17.9 Å². The molecule has 0 aromatic rings. The summed E-state index contributed by atoms with van der Waals surface area (Å²) in [7, 11) is 0. The van der Waals surface area contributed by atoms with Gasteiger partial charge in [0.05, 0.1) is 0 Å². The second-order valence-electron chi connectivity index (χ2n) is 14.2. The molecule has 0 heterocycles. The van der Waals surface area contributed by atoms with Crippen LogP contribution in [0.5, 0.6) is 0 Å². The van der Waals surface area contributed by atoms with Crippen LogP contribution in [0.2, 0.25) is 0 Å². The van der Waals surface area contributed by atoms with Crippen LogP contribution in [0.15, 0.2) is 72.9 Å². The molecule has 6 nitrogen and oxygen atoms in total. The van der Waals surface area contributed by atoms with Crippen LogP contribution in [0.1, 0.15) is 194 Å². The summed E-state index contributed by atoms with van der Waals surface area (Å²) in [6, 6.07) is 0. The van der Waals surface area contributed by atoms with Crippen molar-refractivity contribution in [3.63, 3.8) is 0 Å². The van der Waals surface area contributed by atoms with Crippen LogP contribution in [-0.2, 0) is 28.6 Å². The highest BCUT2D eigenvalue weighted by molar-refractivity contribution is 5.71. The number of esters is 3. The Labute approximate surface area is 332 Å². The van der Waals surface area contributed by atoms with Gasteiger partial charge in [0, 0.05) is 19.3 Å². The molecule has 0 fully saturated rings. The van der Waals surface area contributed by atoms with E-state index in [0.29, 0.717) is 19.3 Å². The van der Waals surface area contributed by atoms with Gasteiger partial charge < -0.3 is 14.2 Å². The molecule has 0 aliphatic heterocycles. The van der Waals surface area contributed by atoms with E-state index in [9.17, 15) is 14.4 Å². The van der Waals surface area contributed by atoms with Gasteiger partial charge in [0.2, 0.25) is 0 Å². The van der Waals surface area contributed by atoms with Gasteiger partial charge in [0.15, 0.2) is 6.10 Å². The maximum Gasteiger partial charge on any atom is 0.306 e. The fourth-order valence-electron chi connectivity index (χ4n) is 5.66. The molecule has 0 bridgehead atoms. The molecule has 0 amide bonds. The van der Waals surface area contributed by atoms with Crippen LogP contribution in [0, 0.1) is 0 Å². The first-order chi connectivity index (χ1) is 26.5. The van der Waals surface area contributed by atoms with E-state index in [-0.39, 0.29) is 31.6 Å². The molecule has 1 unspecified atom stereocenters. The Balaban J connectivity index is 4.38. The summed E-state index contributed by atoms with van der Waals surface area (Å²) in [5, 5.41) is 0. The predicted molar refractivity (Wildman–Crippen MR) is 228 cm³/mol. The second kappa shape index (κ2) is 42.6. The van der Waals surface area contributed by atoms with Gasteiger partial charge in [-0.25, -0.2) is 0 Å². The average molecular weight is 753 g/mol. The van der Waals surface area contributed by atoms with Crippen molar-refractivity contribution in [1.82, 2.24) is 0 Å². The summed E-state index contributed by atoms with van der Waals surface area (Å²) in [5.74, 6) is -1.02. The van der Waals surface area contributed by atoms with Gasteiger partial charge in [-0.05, 0) is 77.0 Å². The third-order valence-electron chi connectivity index (χ3n) is 8.96. The lowest BCUT2D eigenvalue weighted by Gasteiger charge is -2.18. The Morgan fingerprint density at radius 1 is 0.389 bits per heavy atom. The zero-order valence-electron chi connectivity index (χ0n) is 35.0. The lowest BCUT2D eigenvalue weighted by molar-refractivity contribution is -0.166. The predicted octanol–water partition coefficient (Wildman–Crippen LogP) is 13.9. The molecule has 308 valence electrons. The van der Waals surface area contributed by atoms with Crippen molar-refractivity contribution >= 4 is 17.9 Å². The van der Waals surface area contributed by atoms with Crippen molar-refractivity contribution in [2.45, 2.75) is 200 Å². The zero-order chi connectivity index (χ0) is 39.4. The number of carbonyl (C=O) groups excluding carboxylic acids is 3. The Bertz CT molecular complexity index is 1050. The number of hydrogen-bond donors (Lipinski definition) is 0. The summed E-state index contributed by atoms with van der Waals surface area (Å²) in [4.78, 5) is 37.5. The third-order valence-corrected chi connectivity index (χ3v) is 8.96. The number of unbranched alkanes of at least 4 members (excludes halogenated alkanes) is 15. The van der Waals surface area contributed by atoms with Crippen LogP contribution in [0.4, 0.5) is 0 Å². The van der Waals surface area contributed by atoms with E-state index < -0.39 is 12.1 Å². The maximum atomic E-state index is 12.6. The molecule has 0 aromatic carbocycles. The summed E-state index contributed by atoms with van der Waals surface area (Å²) in [6.07, 6.45) is 52.0. The average Bonchev–Trinajstić information content (AvgIpc) is 3.17. The van der Waals surface area contributed by atoms with E-state index in [1.807, 2.05) is 12.2 Å². The van der Waals surface area contributed by atoms with Crippen molar-refractivity contribution in [1.29, 1.82) is 0 Å². The fraction of sp³-hybridized carbons (Fsp3) is 0.688. The second-order valence-corrected chi connectivity index (χ2v) is 14.2. The molecular weight excluding hydrogens is 673 g/mol. The smallest absolute Gasteiger partial charge is 0.306 e. The van der Waals surface area contributed by atoms with E-state index in [0.717, 1.165) is 77.0 Å². The van der Waals surface area contributed by atoms with Crippen molar-refractivity contribution < 1.29 is 28.6 Å². The van der Waals surface area contributed by atoms with Gasteiger partial charge in [0.1, 0.15) is 13.2 Å². The molecular formula is C48H80O6. The molecule has 0 aliphatic rings. The Kier molecular flexibility index (Phi) is 40.1. The van der Waals surface area contributed by atoms with Gasteiger partial charge in [-0.1, -0.05) is 171 Å². The zero-order valence-corrected chi connectivity index (χ0v) is 35.0. The largest absolute Gasteiger partial charge is 0.462 e. The minimum absolute atomic E-state index is 0.108. The van der Waals surface area contributed by atoms with E-state index >= 15 is 0 Å². The summed E-state index contributed by atoms with van der Waals surface area (Å²) in [5.41, 5.74) is 0. The fourth-order valence-corrected chi connectivity index (χ4v) is 5.66. The monoisotopic (exact) mass is 753 g/mol. The van der Waals surface area contributed by atoms with Crippen LogP contribution in [0.25, 0.3) is 0 Å². The minimum Gasteiger partial charge on any atom is -0.462 e. The van der Waals surface area contributed by atoms with E-state index in [1.165, 1.54) is 70.6 Å². The van der Waals surface area contributed by atoms with Crippen LogP contribution >= 0.6 is 0 Å². The lowest BCUT2D eigenvalue weighted by atomic mass is 10.1. The highest BCUT2D eigenvalue weighted by atomic mass is 16.6. The van der Waals surface area contributed by atoms with Gasteiger partial charge in [0.25, 0.3) is 0 Å². The Morgan fingerprint density at radius 2 is 0.759 bits per heavy atom. The highest BCUT2D eigenvalue weighted by Gasteiger charge is 2.19. The quantitative estimate of drug-likeness (QED) is 0.0270. The van der Waals surface area contributed by atoms with Crippen molar-refractivity contribution in [2.75, 3.05) is 13.2 Å². The molecule has 54 heavy (non-hydrogen) atoms. The molecule has 6 heteroatoms. The first kappa shape index (κ1) is 50.9. The summed E-state index contributed by atoms with van der Waals surface area (Å²) < 4.78 is 16.5. The van der Waals surface area contributed by atoms with E-state index in [2.05, 4.69) is 81.5 Å². The first-order valence-corrected chi connectivity index (χ1v) is 21.9. The molecule has 0 radical (unpaired) electrons. The molecule has 0 spiro atoms. The normalized spacial score (nSPS) is 12.7. The van der Waals surface area contributed by atoms with Crippen molar-refractivity contribution in [2.24, 2.45) is 0 Å². The van der Waals surface area contributed by atoms with Crippen molar-refractivity contribution in [3.05, 3.63) is 72.9 Å². The maximum absolute atomic E-state index is 12.6. The standard InChI is InChI=1S/C48H80O6/c1-4-7-10-13-16-18-20-22-23-24-25-27-28-30-32-35-38-41-47(50)53-44-45(43-52-46(49)40-37-34-15-12-9-6-3)54-48(51)42-39-36-33-31-29-26-21-19-17-14-11-8-5-2/h8,11,16-19,22-23,26,29,33,36,45H,4-7,9-10,12-15,20-21,24-25,27-28,30-32,34-35,37-44H2,1-3H3/b11-8-,18-16-,19-17-,23-22-,29-26-,36-33-. The lowest BCUT2D eigenvalue weighted by Crippen LogP contribution is -2.30. The number of ether oxygens (including phenoxy) is 3. The molecule has 0 aliphatic carbocycles. The van der Waals surface area contributed by atoms with E-state index in [4.69, 9.17) is 14.2 Å². The van der Waals surface area contributed by atoms with Crippen LogP contribution in [0.3, 0.4) is 0 Å². The summed E-state index contributed by atoms with van der Waals surface area (Å²) in [6.45, 7) is 6.34.